The molecule has 0 saturated heterocycles. The lowest BCUT2D eigenvalue weighted by Crippen LogP contribution is -2.13. The maximum Gasteiger partial charge on any atom is 0.203 e. The number of hydrogen-bond acceptors (Lipinski definition) is 2. The minimum absolute atomic E-state index is 0.0683. The van der Waals surface area contributed by atoms with Crippen LogP contribution >= 0.6 is 0 Å². The van der Waals surface area contributed by atoms with Crippen molar-refractivity contribution in [3.8, 4) is 6.19 Å². The molecule has 0 amide bonds. The van der Waals surface area contributed by atoms with E-state index in [0.717, 1.165) is 0 Å². The maximum atomic E-state index is 8.32. The van der Waals surface area contributed by atoms with Gasteiger partial charge in [-0.3, -0.25) is 5.32 Å². The molecule has 0 unspecified atom stereocenters. The second kappa shape index (κ2) is 5.19. The van der Waals surface area contributed by atoms with Gasteiger partial charge >= 0.3 is 0 Å². The zero-order valence-corrected chi connectivity index (χ0v) is 7.12. The molecule has 0 aliphatic carbocycles. The van der Waals surface area contributed by atoms with Crippen molar-refractivity contribution in [2.24, 2.45) is 10.1 Å². The Balaban J connectivity index is 2.94. The summed E-state index contributed by atoms with van der Waals surface area (Å²) in [5.74, 6) is -0.0683. The molecule has 1 aromatic carbocycles. The molecule has 0 radical (unpaired) electrons. The van der Waals surface area contributed by atoms with Crippen LogP contribution in [0.25, 0.3) is 10.4 Å². The lowest BCUT2D eigenvalue weighted by molar-refractivity contribution is 1.21. The Bertz CT molecular complexity index is 409. The minimum atomic E-state index is -0.0683. The Kier molecular flexibility index (Phi) is 3.55. The summed E-state index contributed by atoms with van der Waals surface area (Å²) in [6.07, 6.45) is 1.63. The highest BCUT2D eigenvalue weighted by Crippen LogP contribution is 2.09. The van der Waals surface area contributed by atoms with Crippen molar-refractivity contribution in [2.75, 3.05) is 0 Å². The van der Waals surface area contributed by atoms with E-state index in [1.54, 1.807) is 30.5 Å². The van der Waals surface area contributed by atoms with Crippen LogP contribution < -0.4 is 5.32 Å². The fraction of sp³-hybridized carbons (Fsp3) is 0. The smallest absolute Gasteiger partial charge is 0.203 e. The molecule has 0 saturated carbocycles. The average molecular weight is 186 g/mol. The normalized spacial score (nSPS) is 9.79. The summed E-state index contributed by atoms with van der Waals surface area (Å²) in [6, 6.07) is 8.87. The summed E-state index contributed by atoms with van der Waals surface area (Å²) >= 11 is 0. The second-order valence-electron chi connectivity index (χ2n) is 2.20. The number of nitrogens with zero attached hydrogens (tertiary/aromatic N) is 5. The van der Waals surface area contributed by atoms with Gasteiger partial charge in [-0.2, -0.15) is 5.26 Å². The molecule has 0 heterocycles. The molecule has 1 N–H and O–H groups in total. The molecule has 1 aromatic rings. The molecular weight excluding hydrogens is 180 g/mol. The van der Waals surface area contributed by atoms with Crippen molar-refractivity contribution in [1.82, 2.24) is 5.32 Å². The van der Waals surface area contributed by atoms with Crippen molar-refractivity contribution >= 4 is 11.6 Å². The molecule has 0 aliphatic heterocycles. The van der Waals surface area contributed by atoms with Crippen LogP contribution in [0.1, 0.15) is 0 Å². The molecule has 68 valence electrons. The Labute approximate surface area is 80.1 Å². The first kappa shape index (κ1) is 9.58. The fourth-order valence-corrected chi connectivity index (χ4v) is 0.792. The van der Waals surface area contributed by atoms with Crippen molar-refractivity contribution in [1.29, 1.82) is 5.26 Å². The lowest BCUT2D eigenvalue weighted by Gasteiger charge is -1.95. The summed E-state index contributed by atoms with van der Waals surface area (Å²) in [7, 11) is 0. The third-order valence-electron chi connectivity index (χ3n) is 1.30. The van der Waals surface area contributed by atoms with E-state index in [0.29, 0.717) is 5.69 Å². The molecular formula is C8H6N6. The maximum absolute atomic E-state index is 8.32. The zero-order valence-electron chi connectivity index (χ0n) is 7.12. The number of hydrogen-bond donors (Lipinski definition) is 1. The van der Waals surface area contributed by atoms with Gasteiger partial charge in [-0.25, -0.2) is 4.99 Å². The van der Waals surface area contributed by atoms with Crippen LogP contribution in [0.5, 0.6) is 0 Å². The van der Waals surface area contributed by atoms with Crippen molar-refractivity contribution in [2.45, 2.75) is 0 Å². The van der Waals surface area contributed by atoms with E-state index in [1.807, 2.05) is 6.07 Å². The predicted molar refractivity (Wildman–Crippen MR) is 51.4 cm³/mol. The SMILES string of the molecule is N#CNC(N=[N+]=[N-])=Nc1ccccc1. The number of rotatable bonds is 1. The third-order valence-corrected chi connectivity index (χ3v) is 1.30. The minimum Gasteiger partial charge on any atom is -0.275 e. The van der Waals surface area contributed by atoms with E-state index in [2.05, 4.69) is 20.3 Å². The second-order valence-corrected chi connectivity index (χ2v) is 2.20. The van der Waals surface area contributed by atoms with E-state index in [-0.39, 0.29) is 5.96 Å². The molecule has 0 atom stereocenters. The van der Waals surface area contributed by atoms with E-state index in [4.69, 9.17) is 10.8 Å². The quantitative estimate of drug-likeness (QED) is 0.138. The summed E-state index contributed by atoms with van der Waals surface area (Å²) < 4.78 is 0. The molecule has 6 nitrogen and oxygen atoms in total. The Hall–Kier alpha value is -2.51. The molecule has 1 rings (SSSR count). The molecule has 0 aromatic heterocycles. The monoisotopic (exact) mass is 186 g/mol. The molecule has 0 fully saturated rings. The molecule has 0 spiro atoms. The highest BCUT2D eigenvalue weighted by atomic mass is 15.3. The van der Waals surface area contributed by atoms with Crippen molar-refractivity contribution in [3.63, 3.8) is 0 Å². The summed E-state index contributed by atoms with van der Waals surface area (Å²) in [6.45, 7) is 0. The Morgan fingerprint density at radius 2 is 2.14 bits per heavy atom. The first-order valence-electron chi connectivity index (χ1n) is 3.71. The van der Waals surface area contributed by atoms with Crippen LogP contribution in [0, 0.1) is 11.5 Å². The molecule has 0 bridgehead atoms. The van der Waals surface area contributed by atoms with Crippen LogP contribution in [0.3, 0.4) is 0 Å². The van der Waals surface area contributed by atoms with Gasteiger partial charge in [-0.1, -0.05) is 18.2 Å². The van der Waals surface area contributed by atoms with Crippen LogP contribution in [-0.4, -0.2) is 5.96 Å². The Morgan fingerprint density at radius 3 is 2.71 bits per heavy atom. The summed E-state index contributed by atoms with van der Waals surface area (Å²) in [4.78, 5) is 6.43. The fourth-order valence-electron chi connectivity index (χ4n) is 0.792. The lowest BCUT2D eigenvalue weighted by atomic mass is 10.3. The Morgan fingerprint density at radius 1 is 1.43 bits per heavy atom. The number of aliphatic imine (C=N–C) groups is 1. The third kappa shape index (κ3) is 2.85. The number of nitriles is 1. The van der Waals surface area contributed by atoms with Gasteiger partial charge in [0.1, 0.15) is 0 Å². The number of para-hydroxylation sites is 1. The van der Waals surface area contributed by atoms with E-state index in [1.165, 1.54) is 0 Å². The van der Waals surface area contributed by atoms with Crippen LogP contribution in [-0.2, 0) is 0 Å². The first-order chi connectivity index (χ1) is 6.86. The summed E-state index contributed by atoms with van der Waals surface area (Å²) in [5.41, 5.74) is 8.78. The van der Waals surface area contributed by atoms with Crippen LogP contribution in [0.4, 0.5) is 5.69 Å². The van der Waals surface area contributed by atoms with E-state index in [9.17, 15) is 0 Å². The highest BCUT2D eigenvalue weighted by molar-refractivity contribution is 5.84. The highest BCUT2D eigenvalue weighted by Gasteiger charge is 1.93. The van der Waals surface area contributed by atoms with Gasteiger partial charge in [0.05, 0.1) is 5.69 Å². The molecule has 0 aliphatic rings. The topological polar surface area (TPSA) is 96.9 Å². The van der Waals surface area contributed by atoms with Crippen molar-refractivity contribution < 1.29 is 0 Å². The largest absolute Gasteiger partial charge is 0.275 e. The number of guanidine groups is 1. The van der Waals surface area contributed by atoms with Gasteiger partial charge in [0, 0.05) is 4.91 Å². The first-order valence-corrected chi connectivity index (χ1v) is 3.71. The number of azide groups is 1. The van der Waals surface area contributed by atoms with E-state index >= 15 is 0 Å². The molecule has 6 heteroatoms. The van der Waals surface area contributed by atoms with Gasteiger partial charge in [0.25, 0.3) is 0 Å². The number of benzene rings is 1. The van der Waals surface area contributed by atoms with Crippen LogP contribution in [0.15, 0.2) is 40.4 Å². The van der Waals surface area contributed by atoms with Gasteiger partial charge < -0.3 is 0 Å². The van der Waals surface area contributed by atoms with Gasteiger partial charge in [0.2, 0.25) is 5.96 Å². The van der Waals surface area contributed by atoms with Gasteiger partial charge in [-0.15, -0.1) is 0 Å². The van der Waals surface area contributed by atoms with Gasteiger partial charge in [-0.05, 0) is 22.8 Å². The average Bonchev–Trinajstić information content (AvgIpc) is 2.20. The molecule has 14 heavy (non-hydrogen) atoms. The van der Waals surface area contributed by atoms with Gasteiger partial charge in [0.15, 0.2) is 6.19 Å². The van der Waals surface area contributed by atoms with Crippen LogP contribution in [0.2, 0.25) is 0 Å². The zero-order chi connectivity index (χ0) is 10.2. The standard InChI is InChI=1S/C8H6N6/c9-6-11-8(13-14-10)12-7-4-2-1-3-5-7/h1-5H,(H,11,12). The van der Waals surface area contributed by atoms with E-state index < -0.39 is 0 Å². The summed E-state index contributed by atoms with van der Waals surface area (Å²) in [5, 5.41) is 13.7. The van der Waals surface area contributed by atoms with Crippen molar-refractivity contribution in [3.05, 3.63) is 40.8 Å². The number of nitrogens with one attached hydrogen (secondary N) is 1. The predicted octanol–water partition coefficient (Wildman–Crippen LogP) is 2.06.